The maximum atomic E-state index is 12.7. The Hall–Kier alpha value is -4.28. The number of hydrogen-bond donors (Lipinski definition) is 2. The molecule has 8 nitrogen and oxygen atoms in total. The zero-order valence-electron chi connectivity index (χ0n) is 25.2. The number of carbonyl (C=O) groups excluding carboxylic acids is 1. The smallest absolute Gasteiger partial charge is 0.251 e. The number of aliphatic hydroxyl groups is 1. The lowest BCUT2D eigenvalue weighted by molar-refractivity contribution is -0.268. The number of ether oxygens (including phenoxy) is 2. The Bertz CT molecular complexity index is 1710. The molecule has 0 radical (unpaired) electrons. The highest BCUT2D eigenvalue weighted by Crippen LogP contribution is 2.43. The van der Waals surface area contributed by atoms with Gasteiger partial charge in [-0.15, -0.1) is 10.2 Å². The van der Waals surface area contributed by atoms with E-state index in [2.05, 4.69) is 40.6 Å². The number of hydrogen-bond acceptors (Lipinski definition) is 7. The van der Waals surface area contributed by atoms with Crippen molar-refractivity contribution in [1.82, 2.24) is 20.1 Å². The van der Waals surface area contributed by atoms with Gasteiger partial charge in [0.25, 0.3) is 5.91 Å². The summed E-state index contributed by atoms with van der Waals surface area (Å²) in [6.45, 7) is 2.57. The summed E-state index contributed by atoms with van der Waals surface area (Å²) in [7, 11) is 1.93. The average molecular weight is 621 g/mol. The van der Waals surface area contributed by atoms with E-state index in [9.17, 15) is 9.90 Å². The number of nitrogens with zero attached hydrogens (tertiary/aromatic N) is 3. The summed E-state index contributed by atoms with van der Waals surface area (Å²) in [5.41, 5.74) is 6.59. The number of aliphatic hydroxyl groups excluding tert-OH is 1. The predicted molar refractivity (Wildman–Crippen MR) is 174 cm³/mol. The highest BCUT2D eigenvalue weighted by Gasteiger charge is 2.38. The van der Waals surface area contributed by atoms with Crippen molar-refractivity contribution in [2.45, 2.75) is 43.7 Å². The molecule has 1 aromatic heterocycles. The Morgan fingerprint density at radius 1 is 0.911 bits per heavy atom. The number of carbonyl (C=O) groups is 1. The molecule has 1 aliphatic rings. The van der Waals surface area contributed by atoms with Crippen LogP contribution in [0.1, 0.15) is 51.9 Å². The van der Waals surface area contributed by atoms with Crippen LogP contribution in [0.15, 0.2) is 115 Å². The fourth-order valence-corrected chi connectivity index (χ4v) is 6.56. The number of aromatic nitrogens is 3. The molecule has 2 N–H and O–H groups in total. The first-order valence-electron chi connectivity index (χ1n) is 15.0. The van der Waals surface area contributed by atoms with Crippen LogP contribution in [0.4, 0.5) is 0 Å². The topological polar surface area (TPSA) is 98.5 Å². The van der Waals surface area contributed by atoms with E-state index in [1.54, 1.807) is 18.1 Å². The van der Waals surface area contributed by atoms with Crippen molar-refractivity contribution in [3.05, 3.63) is 137 Å². The van der Waals surface area contributed by atoms with Gasteiger partial charge in [-0.2, -0.15) is 0 Å². The molecule has 1 fully saturated rings. The van der Waals surface area contributed by atoms with Gasteiger partial charge in [0, 0.05) is 36.4 Å². The Labute approximate surface area is 267 Å². The van der Waals surface area contributed by atoms with Crippen LogP contribution in [-0.4, -0.2) is 37.6 Å². The average Bonchev–Trinajstić information content (AvgIpc) is 3.51. The summed E-state index contributed by atoms with van der Waals surface area (Å²) in [5.74, 6) is 0.659. The molecule has 6 rings (SSSR count). The van der Waals surface area contributed by atoms with Crippen LogP contribution in [0.25, 0.3) is 11.1 Å². The van der Waals surface area contributed by atoms with Crippen molar-refractivity contribution >= 4 is 17.7 Å². The van der Waals surface area contributed by atoms with Gasteiger partial charge in [0.05, 0.1) is 18.8 Å². The molecule has 0 spiro atoms. The largest absolute Gasteiger partial charge is 0.392 e. The van der Waals surface area contributed by atoms with Crippen LogP contribution in [-0.2, 0) is 29.7 Å². The third-order valence-electron chi connectivity index (χ3n) is 8.16. The Kier molecular flexibility index (Phi) is 9.71. The summed E-state index contributed by atoms with van der Waals surface area (Å²) < 4.78 is 15.1. The second-order valence-corrected chi connectivity index (χ2v) is 12.2. The van der Waals surface area contributed by atoms with E-state index in [-0.39, 0.29) is 30.6 Å². The SMILES string of the molecule is C[C@H]1[C@@H](CSc2nncn2C)O[C@@H](c2ccc(-c3ccccc3CNC(=O)c3ccccc3)cc2)O[C@H]1c1ccc(CO)cc1. The van der Waals surface area contributed by atoms with E-state index in [1.807, 2.05) is 96.5 Å². The standard InChI is InChI=1S/C36H36N4O4S/c1-24-32(22-45-36-39-38-23-40(36)2)43-35(44-33(24)27-14-12-25(21-41)13-15-27)29-18-16-26(17-19-29)31-11-7-6-10-30(31)20-37-34(42)28-8-4-3-5-9-28/h3-19,23-24,32-33,35,41H,20-22H2,1-2H3,(H,37,42)/t24-,32+,33+,35+/m0/s1. The number of nitrogens with one attached hydrogen (secondary N) is 1. The van der Waals surface area contributed by atoms with E-state index < -0.39 is 6.29 Å². The number of benzene rings is 4. The normalized spacial score (nSPS) is 19.7. The maximum Gasteiger partial charge on any atom is 0.251 e. The number of amides is 1. The molecule has 2 heterocycles. The molecule has 1 aliphatic heterocycles. The minimum atomic E-state index is -0.566. The quantitative estimate of drug-likeness (QED) is 0.172. The van der Waals surface area contributed by atoms with Gasteiger partial charge in [-0.3, -0.25) is 4.79 Å². The number of rotatable bonds is 10. The van der Waals surface area contributed by atoms with Crippen molar-refractivity contribution < 1.29 is 19.4 Å². The first-order chi connectivity index (χ1) is 22.0. The molecule has 0 bridgehead atoms. The van der Waals surface area contributed by atoms with Gasteiger partial charge >= 0.3 is 0 Å². The molecule has 1 amide bonds. The lowest BCUT2D eigenvalue weighted by Gasteiger charge is -2.41. The molecule has 4 aromatic carbocycles. The second-order valence-electron chi connectivity index (χ2n) is 11.2. The van der Waals surface area contributed by atoms with E-state index in [1.165, 1.54) is 0 Å². The summed E-state index contributed by atoms with van der Waals surface area (Å²) in [5, 5.41) is 21.7. The van der Waals surface area contributed by atoms with Crippen molar-refractivity contribution in [3.8, 4) is 11.1 Å². The zero-order valence-corrected chi connectivity index (χ0v) is 26.1. The van der Waals surface area contributed by atoms with Crippen molar-refractivity contribution in [3.63, 3.8) is 0 Å². The number of thioether (sulfide) groups is 1. The third-order valence-corrected chi connectivity index (χ3v) is 9.28. The molecule has 9 heteroatoms. The van der Waals surface area contributed by atoms with Crippen LogP contribution in [0.2, 0.25) is 0 Å². The van der Waals surface area contributed by atoms with Gasteiger partial charge in [0.1, 0.15) is 6.33 Å². The van der Waals surface area contributed by atoms with E-state index in [0.29, 0.717) is 17.9 Å². The minimum absolute atomic E-state index is 0.00106. The molecule has 4 atom stereocenters. The summed E-state index contributed by atoms with van der Waals surface area (Å²) >= 11 is 1.62. The van der Waals surface area contributed by atoms with Gasteiger partial charge in [-0.05, 0) is 39.9 Å². The van der Waals surface area contributed by atoms with E-state index in [4.69, 9.17) is 9.47 Å². The van der Waals surface area contributed by atoms with E-state index >= 15 is 0 Å². The first-order valence-corrected chi connectivity index (χ1v) is 16.0. The molecule has 0 aliphatic carbocycles. The second kappa shape index (κ2) is 14.2. The van der Waals surface area contributed by atoms with Gasteiger partial charge in [0.2, 0.25) is 0 Å². The molecule has 0 unspecified atom stereocenters. The molecule has 1 saturated heterocycles. The van der Waals surface area contributed by atoms with Crippen LogP contribution < -0.4 is 5.32 Å². The van der Waals surface area contributed by atoms with Gasteiger partial charge in [0.15, 0.2) is 11.4 Å². The van der Waals surface area contributed by atoms with Gasteiger partial charge < -0.3 is 24.5 Å². The highest BCUT2D eigenvalue weighted by molar-refractivity contribution is 7.99. The molecule has 0 saturated carbocycles. The molecule has 230 valence electrons. The lowest BCUT2D eigenvalue weighted by atomic mass is 9.91. The van der Waals surface area contributed by atoms with Gasteiger partial charge in [-0.1, -0.05) is 110 Å². The Morgan fingerprint density at radius 2 is 1.62 bits per heavy atom. The fourth-order valence-electron chi connectivity index (χ4n) is 5.51. The fraction of sp³-hybridized carbons (Fsp3) is 0.250. The zero-order chi connectivity index (χ0) is 31.2. The third kappa shape index (κ3) is 7.18. The van der Waals surface area contributed by atoms with E-state index in [0.717, 1.165) is 38.5 Å². The molecular formula is C36H36N4O4S. The summed E-state index contributed by atoms with van der Waals surface area (Å²) in [6, 6.07) is 33.5. The summed E-state index contributed by atoms with van der Waals surface area (Å²) in [6.07, 6.45) is 0.821. The minimum Gasteiger partial charge on any atom is -0.392 e. The molecular weight excluding hydrogens is 584 g/mol. The molecule has 5 aromatic rings. The Balaban J connectivity index is 1.21. The lowest BCUT2D eigenvalue weighted by Crippen LogP contribution is -2.38. The summed E-state index contributed by atoms with van der Waals surface area (Å²) in [4.78, 5) is 12.7. The van der Waals surface area contributed by atoms with Gasteiger partial charge in [-0.25, -0.2) is 0 Å². The van der Waals surface area contributed by atoms with Crippen molar-refractivity contribution in [1.29, 1.82) is 0 Å². The number of aryl methyl sites for hydroxylation is 1. The monoisotopic (exact) mass is 620 g/mol. The van der Waals surface area contributed by atoms with Crippen molar-refractivity contribution in [2.75, 3.05) is 5.75 Å². The van der Waals surface area contributed by atoms with Crippen LogP contribution in [0, 0.1) is 5.92 Å². The van der Waals surface area contributed by atoms with Crippen LogP contribution >= 0.6 is 11.8 Å². The maximum absolute atomic E-state index is 12.7. The highest BCUT2D eigenvalue weighted by atomic mass is 32.2. The van der Waals surface area contributed by atoms with Crippen LogP contribution in [0.5, 0.6) is 0 Å². The first kappa shape index (κ1) is 30.7. The van der Waals surface area contributed by atoms with Crippen molar-refractivity contribution in [2.24, 2.45) is 13.0 Å². The Morgan fingerprint density at radius 3 is 2.33 bits per heavy atom. The molecule has 45 heavy (non-hydrogen) atoms. The predicted octanol–water partition coefficient (Wildman–Crippen LogP) is 6.49. The van der Waals surface area contributed by atoms with Crippen LogP contribution in [0.3, 0.4) is 0 Å².